The number of anilines is 1. The number of carbonyl (C=O) groups is 2. The summed E-state index contributed by atoms with van der Waals surface area (Å²) in [7, 11) is 0. The SMILES string of the molecule is CC1=C(C)/C(=C/C(C)=C\C(=O)Nc2ccc(C(=O)O)cc2)CCC1. The smallest absolute Gasteiger partial charge is 0.335 e. The van der Waals surface area contributed by atoms with Crippen LogP contribution < -0.4 is 5.32 Å². The molecule has 0 fully saturated rings. The van der Waals surface area contributed by atoms with Gasteiger partial charge in [0.1, 0.15) is 0 Å². The number of rotatable bonds is 4. The van der Waals surface area contributed by atoms with Crippen molar-refractivity contribution in [2.24, 2.45) is 0 Å². The maximum Gasteiger partial charge on any atom is 0.335 e. The Kier molecular flexibility index (Phi) is 5.74. The van der Waals surface area contributed by atoms with Crippen LogP contribution in [0.2, 0.25) is 0 Å². The zero-order valence-electron chi connectivity index (χ0n) is 14.3. The Hall–Kier alpha value is -2.62. The van der Waals surface area contributed by atoms with Crippen molar-refractivity contribution in [1.29, 1.82) is 0 Å². The molecular weight excluding hydrogens is 302 g/mol. The average Bonchev–Trinajstić information content (AvgIpc) is 2.52. The van der Waals surface area contributed by atoms with E-state index in [1.165, 1.54) is 28.9 Å². The zero-order chi connectivity index (χ0) is 17.7. The number of hydrogen-bond donors (Lipinski definition) is 2. The molecule has 1 aliphatic carbocycles. The number of benzene rings is 1. The van der Waals surface area contributed by atoms with Crippen LogP contribution in [0.3, 0.4) is 0 Å². The van der Waals surface area contributed by atoms with Gasteiger partial charge in [0.05, 0.1) is 5.56 Å². The van der Waals surface area contributed by atoms with Crippen LogP contribution in [0.4, 0.5) is 5.69 Å². The lowest BCUT2D eigenvalue weighted by Crippen LogP contribution is -2.09. The van der Waals surface area contributed by atoms with Crippen LogP contribution in [-0.4, -0.2) is 17.0 Å². The Morgan fingerprint density at radius 1 is 1.12 bits per heavy atom. The molecule has 0 spiro atoms. The highest BCUT2D eigenvalue weighted by Gasteiger charge is 2.10. The number of hydrogen-bond acceptors (Lipinski definition) is 2. The van der Waals surface area contributed by atoms with E-state index >= 15 is 0 Å². The number of nitrogens with one attached hydrogen (secondary N) is 1. The lowest BCUT2D eigenvalue weighted by Gasteiger charge is -2.18. The second-order valence-corrected chi connectivity index (χ2v) is 6.19. The summed E-state index contributed by atoms with van der Waals surface area (Å²) in [5.74, 6) is -1.21. The normalized spacial score (nSPS) is 17.1. The summed E-state index contributed by atoms with van der Waals surface area (Å²) in [5, 5.41) is 11.6. The van der Waals surface area contributed by atoms with E-state index in [1.807, 2.05) is 6.92 Å². The minimum atomic E-state index is -0.985. The topological polar surface area (TPSA) is 66.4 Å². The van der Waals surface area contributed by atoms with Gasteiger partial charge in [-0.25, -0.2) is 4.79 Å². The van der Waals surface area contributed by atoms with Gasteiger partial charge in [0.2, 0.25) is 5.91 Å². The van der Waals surface area contributed by atoms with E-state index in [9.17, 15) is 9.59 Å². The van der Waals surface area contributed by atoms with Crippen LogP contribution >= 0.6 is 0 Å². The molecule has 4 nitrogen and oxygen atoms in total. The van der Waals surface area contributed by atoms with Gasteiger partial charge in [-0.05, 0) is 81.0 Å². The zero-order valence-corrected chi connectivity index (χ0v) is 14.3. The Labute approximate surface area is 142 Å². The maximum absolute atomic E-state index is 12.1. The first-order chi connectivity index (χ1) is 11.4. The van der Waals surface area contributed by atoms with Crippen LogP contribution in [0.5, 0.6) is 0 Å². The number of aromatic carboxylic acids is 1. The Morgan fingerprint density at radius 2 is 1.79 bits per heavy atom. The number of carboxylic acids is 1. The molecule has 0 saturated carbocycles. The van der Waals surface area contributed by atoms with Gasteiger partial charge in [-0.1, -0.05) is 11.6 Å². The third-order valence-electron chi connectivity index (χ3n) is 4.28. The highest BCUT2D eigenvalue weighted by molar-refractivity contribution is 6.00. The Bertz CT molecular complexity index is 737. The molecule has 2 N–H and O–H groups in total. The summed E-state index contributed by atoms with van der Waals surface area (Å²) in [4.78, 5) is 22.9. The van der Waals surface area contributed by atoms with Gasteiger partial charge in [0.15, 0.2) is 0 Å². The fraction of sp³-hybridized carbons (Fsp3) is 0.300. The van der Waals surface area contributed by atoms with Crippen molar-refractivity contribution < 1.29 is 14.7 Å². The van der Waals surface area contributed by atoms with Crippen LogP contribution in [0.1, 0.15) is 50.4 Å². The molecule has 126 valence electrons. The van der Waals surface area contributed by atoms with Gasteiger partial charge in [-0.2, -0.15) is 0 Å². The molecule has 0 heterocycles. The molecule has 0 aliphatic heterocycles. The predicted molar refractivity (Wildman–Crippen MR) is 96.1 cm³/mol. The largest absolute Gasteiger partial charge is 0.478 e. The highest BCUT2D eigenvalue weighted by atomic mass is 16.4. The first-order valence-electron chi connectivity index (χ1n) is 8.07. The minimum absolute atomic E-state index is 0.194. The van der Waals surface area contributed by atoms with Crippen molar-refractivity contribution in [2.75, 3.05) is 5.32 Å². The van der Waals surface area contributed by atoms with E-state index in [1.54, 1.807) is 18.2 Å². The Morgan fingerprint density at radius 3 is 2.42 bits per heavy atom. The quantitative estimate of drug-likeness (QED) is 0.787. The number of amides is 1. The molecule has 0 aromatic heterocycles. The van der Waals surface area contributed by atoms with Crippen LogP contribution in [0, 0.1) is 0 Å². The van der Waals surface area contributed by atoms with Gasteiger partial charge in [0.25, 0.3) is 0 Å². The van der Waals surface area contributed by atoms with Crippen molar-refractivity contribution in [3.05, 3.63) is 64.3 Å². The standard InChI is InChI=1S/C20H23NO3/c1-13(11-17-6-4-5-14(2)15(17)3)12-19(22)21-18-9-7-16(8-10-18)20(23)24/h7-12H,4-6H2,1-3H3,(H,21,22)(H,23,24)/b13-12-,17-11+. The fourth-order valence-electron chi connectivity index (χ4n) is 2.77. The molecule has 1 aliphatic rings. The van der Waals surface area contributed by atoms with E-state index in [4.69, 9.17) is 5.11 Å². The predicted octanol–water partition coefficient (Wildman–Crippen LogP) is 4.72. The van der Waals surface area contributed by atoms with Gasteiger partial charge in [-0.15, -0.1) is 0 Å². The minimum Gasteiger partial charge on any atom is -0.478 e. The molecule has 0 bridgehead atoms. The van der Waals surface area contributed by atoms with Crippen molar-refractivity contribution in [3.8, 4) is 0 Å². The maximum atomic E-state index is 12.1. The second kappa shape index (κ2) is 7.77. The summed E-state index contributed by atoms with van der Waals surface area (Å²) in [6, 6.07) is 6.10. The van der Waals surface area contributed by atoms with E-state index < -0.39 is 5.97 Å². The van der Waals surface area contributed by atoms with Gasteiger partial charge in [-0.3, -0.25) is 4.79 Å². The first kappa shape index (κ1) is 17.7. The van der Waals surface area contributed by atoms with E-state index in [-0.39, 0.29) is 11.5 Å². The van der Waals surface area contributed by atoms with Crippen LogP contribution in [0.25, 0.3) is 0 Å². The third kappa shape index (κ3) is 4.69. The molecule has 0 atom stereocenters. The Balaban J connectivity index is 2.06. The molecule has 0 saturated heterocycles. The molecule has 0 unspecified atom stereocenters. The lowest BCUT2D eigenvalue weighted by molar-refractivity contribution is -0.111. The number of allylic oxidation sites excluding steroid dienone is 5. The second-order valence-electron chi connectivity index (χ2n) is 6.19. The summed E-state index contributed by atoms with van der Waals surface area (Å²) in [6.07, 6.45) is 7.00. The molecule has 24 heavy (non-hydrogen) atoms. The van der Waals surface area contributed by atoms with E-state index in [0.717, 1.165) is 24.8 Å². The highest BCUT2D eigenvalue weighted by Crippen LogP contribution is 2.29. The summed E-state index contributed by atoms with van der Waals surface area (Å²) in [6.45, 7) is 6.21. The monoisotopic (exact) mass is 325 g/mol. The molecule has 0 radical (unpaired) electrons. The van der Waals surface area contributed by atoms with Crippen molar-refractivity contribution in [3.63, 3.8) is 0 Å². The average molecular weight is 325 g/mol. The molecule has 2 rings (SSSR count). The molecule has 4 heteroatoms. The van der Waals surface area contributed by atoms with Crippen molar-refractivity contribution in [2.45, 2.75) is 40.0 Å². The molecule has 1 aromatic rings. The molecule has 1 aromatic carbocycles. The molecule has 1 amide bonds. The van der Waals surface area contributed by atoms with Crippen LogP contribution in [0.15, 0.2) is 58.7 Å². The van der Waals surface area contributed by atoms with E-state index in [0.29, 0.717) is 5.69 Å². The third-order valence-corrected chi connectivity index (χ3v) is 4.28. The van der Waals surface area contributed by atoms with Gasteiger partial charge in [0, 0.05) is 11.8 Å². The summed E-state index contributed by atoms with van der Waals surface area (Å²) >= 11 is 0. The van der Waals surface area contributed by atoms with Crippen molar-refractivity contribution >= 4 is 17.6 Å². The number of carbonyl (C=O) groups excluding carboxylic acids is 1. The first-order valence-corrected chi connectivity index (χ1v) is 8.07. The van der Waals surface area contributed by atoms with Gasteiger partial charge >= 0.3 is 5.97 Å². The molecular formula is C20H23NO3. The number of carboxylic acid groups (broad SMARTS) is 1. The van der Waals surface area contributed by atoms with Gasteiger partial charge < -0.3 is 10.4 Å². The van der Waals surface area contributed by atoms with Crippen LogP contribution in [-0.2, 0) is 4.79 Å². The summed E-state index contributed by atoms with van der Waals surface area (Å²) < 4.78 is 0. The summed E-state index contributed by atoms with van der Waals surface area (Å²) in [5.41, 5.74) is 5.72. The van der Waals surface area contributed by atoms with E-state index in [2.05, 4.69) is 25.2 Å². The lowest BCUT2D eigenvalue weighted by atomic mass is 9.88. The fourth-order valence-corrected chi connectivity index (χ4v) is 2.77. The van der Waals surface area contributed by atoms with Crippen molar-refractivity contribution in [1.82, 2.24) is 0 Å².